The van der Waals surface area contributed by atoms with E-state index in [2.05, 4.69) is 28.2 Å². The predicted molar refractivity (Wildman–Crippen MR) is 84.1 cm³/mol. The molecule has 6 nitrogen and oxygen atoms in total. The van der Waals surface area contributed by atoms with Gasteiger partial charge in [0.1, 0.15) is 11.6 Å². The Hall–Kier alpha value is -2.92. The van der Waals surface area contributed by atoms with Gasteiger partial charge in [-0.25, -0.2) is 15.2 Å². The molecule has 1 fully saturated rings. The van der Waals surface area contributed by atoms with Gasteiger partial charge in [-0.3, -0.25) is 4.79 Å². The number of carboxylic acid groups (broad SMARTS) is 1. The van der Waals surface area contributed by atoms with E-state index < -0.39 is 18.2 Å². The van der Waals surface area contributed by atoms with Crippen molar-refractivity contribution in [1.29, 1.82) is 0 Å². The third-order valence-corrected chi connectivity index (χ3v) is 3.30. The van der Waals surface area contributed by atoms with Crippen LogP contribution in [-0.4, -0.2) is 23.3 Å². The number of hydrogen-bond acceptors (Lipinski definition) is 5. The molecule has 2 unspecified atom stereocenters. The Balaban J connectivity index is 1.73. The van der Waals surface area contributed by atoms with Gasteiger partial charge in [-0.05, 0) is 42.5 Å². The van der Waals surface area contributed by atoms with E-state index in [1.807, 2.05) is 0 Å². The third kappa shape index (κ3) is 3.88. The molecule has 0 aliphatic carbocycles. The lowest BCUT2D eigenvalue weighted by molar-refractivity contribution is -0.141. The van der Waals surface area contributed by atoms with Crippen LogP contribution in [0, 0.1) is 17.7 Å². The number of hydrazine groups is 2. The average Bonchev–Trinajstić information content (AvgIpc) is 3.03. The fourth-order valence-electron chi connectivity index (χ4n) is 2.11. The first-order valence-electron chi connectivity index (χ1n) is 7.15. The zero-order chi connectivity index (χ0) is 16.9. The van der Waals surface area contributed by atoms with Crippen molar-refractivity contribution in [2.75, 3.05) is 0 Å². The number of carboxylic acids is 1. The molecule has 24 heavy (non-hydrogen) atoms. The molecule has 122 valence electrons. The van der Waals surface area contributed by atoms with Crippen LogP contribution < -0.4 is 21.1 Å². The zero-order valence-corrected chi connectivity index (χ0v) is 12.4. The molecule has 2 aromatic rings. The van der Waals surface area contributed by atoms with Gasteiger partial charge >= 0.3 is 5.97 Å². The number of ether oxygens (including phenoxy) is 1. The van der Waals surface area contributed by atoms with Crippen LogP contribution in [0.3, 0.4) is 0 Å². The summed E-state index contributed by atoms with van der Waals surface area (Å²) in [4.78, 5) is 11.1. The van der Waals surface area contributed by atoms with Crippen molar-refractivity contribution in [1.82, 2.24) is 16.4 Å². The SMILES string of the molecule is O=C(O)C1NNNC1Oc1cccc(C#Cc2ccc(F)cc2)c1. The van der Waals surface area contributed by atoms with Crippen LogP contribution in [0.2, 0.25) is 0 Å². The highest BCUT2D eigenvalue weighted by Crippen LogP contribution is 2.16. The second kappa shape index (κ2) is 7.10. The molecule has 0 saturated carbocycles. The summed E-state index contributed by atoms with van der Waals surface area (Å²) in [6, 6.07) is 11.9. The molecule has 0 radical (unpaired) electrons. The van der Waals surface area contributed by atoms with Crippen LogP contribution in [0.15, 0.2) is 48.5 Å². The minimum absolute atomic E-state index is 0.310. The van der Waals surface area contributed by atoms with E-state index in [1.54, 1.807) is 36.4 Å². The molecule has 0 amide bonds. The van der Waals surface area contributed by atoms with E-state index in [0.717, 1.165) is 0 Å². The minimum Gasteiger partial charge on any atom is -0.480 e. The second-order valence-electron chi connectivity index (χ2n) is 5.05. The molecule has 0 bridgehead atoms. The predicted octanol–water partition coefficient (Wildman–Crippen LogP) is 0.996. The Morgan fingerprint density at radius 3 is 2.58 bits per heavy atom. The minimum atomic E-state index is -1.04. The summed E-state index contributed by atoms with van der Waals surface area (Å²) in [5.41, 5.74) is 9.15. The number of rotatable bonds is 3. The van der Waals surface area contributed by atoms with E-state index in [-0.39, 0.29) is 5.82 Å². The molecule has 1 aliphatic heterocycles. The van der Waals surface area contributed by atoms with Crippen LogP contribution in [0.1, 0.15) is 11.1 Å². The summed E-state index contributed by atoms with van der Waals surface area (Å²) in [5, 5.41) is 9.07. The van der Waals surface area contributed by atoms with Gasteiger partial charge < -0.3 is 9.84 Å². The van der Waals surface area contributed by atoms with Gasteiger partial charge in [0, 0.05) is 11.1 Å². The molecule has 1 aliphatic rings. The van der Waals surface area contributed by atoms with Crippen molar-refractivity contribution >= 4 is 5.97 Å². The number of aliphatic carboxylic acids is 1. The van der Waals surface area contributed by atoms with E-state index >= 15 is 0 Å². The maximum Gasteiger partial charge on any atom is 0.327 e. The molecule has 0 aromatic heterocycles. The van der Waals surface area contributed by atoms with Gasteiger partial charge in [0.15, 0.2) is 12.3 Å². The molecule has 2 aromatic carbocycles. The Morgan fingerprint density at radius 2 is 1.83 bits per heavy atom. The van der Waals surface area contributed by atoms with E-state index in [0.29, 0.717) is 16.9 Å². The summed E-state index contributed by atoms with van der Waals surface area (Å²) >= 11 is 0. The van der Waals surface area contributed by atoms with Crippen LogP contribution in [-0.2, 0) is 4.79 Å². The Morgan fingerprint density at radius 1 is 1.08 bits per heavy atom. The second-order valence-corrected chi connectivity index (χ2v) is 5.05. The normalized spacial score (nSPS) is 19.4. The molecule has 3 rings (SSSR count). The quantitative estimate of drug-likeness (QED) is 0.630. The highest BCUT2D eigenvalue weighted by Gasteiger charge is 2.34. The molecular formula is C17H14FN3O3. The van der Waals surface area contributed by atoms with Crippen LogP contribution >= 0.6 is 0 Å². The number of hydrogen-bond donors (Lipinski definition) is 4. The van der Waals surface area contributed by atoms with Crippen molar-refractivity contribution in [3.05, 3.63) is 65.5 Å². The lowest BCUT2D eigenvalue weighted by Crippen LogP contribution is -2.44. The molecule has 1 saturated heterocycles. The largest absolute Gasteiger partial charge is 0.480 e. The molecular weight excluding hydrogens is 313 g/mol. The summed E-state index contributed by atoms with van der Waals surface area (Å²) < 4.78 is 18.5. The van der Waals surface area contributed by atoms with E-state index in [1.165, 1.54) is 12.1 Å². The van der Waals surface area contributed by atoms with Gasteiger partial charge in [-0.2, -0.15) is 5.53 Å². The maximum atomic E-state index is 12.9. The fraction of sp³-hybridized carbons (Fsp3) is 0.118. The first-order chi connectivity index (χ1) is 11.6. The van der Waals surface area contributed by atoms with Crippen LogP contribution in [0.4, 0.5) is 4.39 Å². The first-order valence-corrected chi connectivity index (χ1v) is 7.15. The van der Waals surface area contributed by atoms with Gasteiger partial charge in [0.05, 0.1) is 0 Å². The Bertz CT molecular complexity index is 799. The van der Waals surface area contributed by atoms with E-state index in [4.69, 9.17) is 9.84 Å². The topological polar surface area (TPSA) is 82.6 Å². The smallest absolute Gasteiger partial charge is 0.327 e. The number of carbonyl (C=O) groups is 1. The number of halogens is 1. The van der Waals surface area contributed by atoms with Crippen molar-refractivity contribution < 1.29 is 19.0 Å². The van der Waals surface area contributed by atoms with Gasteiger partial charge in [-0.15, -0.1) is 0 Å². The molecule has 1 heterocycles. The molecule has 0 spiro atoms. The van der Waals surface area contributed by atoms with Crippen molar-refractivity contribution in [2.45, 2.75) is 12.3 Å². The van der Waals surface area contributed by atoms with Crippen molar-refractivity contribution in [2.24, 2.45) is 0 Å². The van der Waals surface area contributed by atoms with Gasteiger partial charge in [0.25, 0.3) is 0 Å². The zero-order valence-electron chi connectivity index (χ0n) is 12.4. The molecule has 2 atom stereocenters. The molecule has 4 N–H and O–H groups in total. The summed E-state index contributed by atoms with van der Waals surface area (Å²) in [7, 11) is 0. The Kier molecular flexibility index (Phi) is 4.72. The molecule has 7 heteroatoms. The highest BCUT2D eigenvalue weighted by atomic mass is 19.1. The fourth-order valence-corrected chi connectivity index (χ4v) is 2.11. The lowest BCUT2D eigenvalue weighted by atomic mass is 10.1. The summed E-state index contributed by atoms with van der Waals surface area (Å²) in [5.74, 6) is 5.02. The monoisotopic (exact) mass is 327 g/mol. The summed E-state index contributed by atoms with van der Waals surface area (Å²) in [6.45, 7) is 0. The standard InChI is InChI=1S/C17H14FN3O3/c18-13-8-6-11(7-9-13)4-5-12-2-1-3-14(10-12)24-16-15(17(22)23)19-21-20-16/h1-3,6-10,15-16,19-21H,(H,22,23). The Labute approximate surface area is 137 Å². The van der Waals surface area contributed by atoms with Crippen molar-refractivity contribution in [3.8, 4) is 17.6 Å². The van der Waals surface area contributed by atoms with Crippen molar-refractivity contribution in [3.63, 3.8) is 0 Å². The third-order valence-electron chi connectivity index (χ3n) is 3.30. The van der Waals surface area contributed by atoms with Gasteiger partial charge in [-0.1, -0.05) is 17.9 Å². The van der Waals surface area contributed by atoms with Crippen LogP contribution in [0.5, 0.6) is 5.75 Å². The lowest BCUT2D eigenvalue weighted by Gasteiger charge is -2.16. The van der Waals surface area contributed by atoms with Crippen LogP contribution in [0.25, 0.3) is 0 Å². The van der Waals surface area contributed by atoms with E-state index in [9.17, 15) is 9.18 Å². The van der Waals surface area contributed by atoms with Gasteiger partial charge in [0.2, 0.25) is 0 Å². The highest BCUT2D eigenvalue weighted by molar-refractivity contribution is 5.74. The average molecular weight is 327 g/mol. The summed E-state index contributed by atoms with van der Waals surface area (Å²) in [6.07, 6.45) is -0.761. The first kappa shape index (κ1) is 16.0. The maximum absolute atomic E-state index is 12.9. The number of nitrogens with one attached hydrogen (secondary N) is 3. The number of benzene rings is 2.